The molecule has 0 atom stereocenters. The van der Waals surface area contributed by atoms with E-state index in [1.807, 2.05) is 49.5 Å². The Morgan fingerprint density at radius 1 is 1.07 bits per heavy atom. The van der Waals surface area contributed by atoms with Crippen molar-refractivity contribution in [1.29, 1.82) is 0 Å². The summed E-state index contributed by atoms with van der Waals surface area (Å²) in [5, 5.41) is 6.06. The van der Waals surface area contributed by atoms with Crippen molar-refractivity contribution in [2.45, 2.75) is 18.5 Å². The van der Waals surface area contributed by atoms with Gasteiger partial charge in [0.05, 0.1) is 23.0 Å². The monoisotopic (exact) mass is 403 g/mol. The first-order valence-corrected chi connectivity index (χ1v) is 10.3. The number of carbonyl (C=O) groups is 1. The quantitative estimate of drug-likeness (QED) is 0.361. The summed E-state index contributed by atoms with van der Waals surface area (Å²) in [6.45, 7) is 2.65. The molecule has 0 spiro atoms. The summed E-state index contributed by atoms with van der Waals surface area (Å²) < 4.78 is 1.78. The van der Waals surface area contributed by atoms with Gasteiger partial charge in [-0.15, -0.1) is 0 Å². The lowest BCUT2D eigenvalue weighted by Gasteiger charge is -2.18. The first kappa shape index (κ1) is 19.1. The molecule has 0 aliphatic carbocycles. The smallest absolute Gasteiger partial charge is 0.233 e. The number of fused-ring (bicyclic) bond motifs is 1. The number of hydrogen-bond donors (Lipinski definition) is 0. The molecule has 2 aromatic heterocycles. The minimum Gasteiger partial charge on any atom is -0.341 e. The molecule has 0 aliphatic heterocycles. The molecule has 0 fully saturated rings. The second-order valence-corrected chi connectivity index (χ2v) is 7.74. The lowest BCUT2D eigenvalue weighted by atomic mass is 10.1. The summed E-state index contributed by atoms with van der Waals surface area (Å²) in [6.07, 6.45) is 3.28. The van der Waals surface area contributed by atoms with Crippen LogP contribution in [0.15, 0.2) is 72.1 Å². The molecular weight excluding hydrogens is 382 g/mol. The van der Waals surface area contributed by atoms with E-state index in [1.54, 1.807) is 15.8 Å². The van der Waals surface area contributed by atoms with Crippen LogP contribution in [-0.2, 0) is 11.3 Å². The van der Waals surface area contributed by atoms with E-state index < -0.39 is 0 Å². The molecule has 4 rings (SSSR count). The average Bonchev–Trinajstić information content (AvgIpc) is 3.19. The van der Waals surface area contributed by atoms with Crippen molar-refractivity contribution in [1.82, 2.24) is 24.6 Å². The van der Waals surface area contributed by atoms with Gasteiger partial charge in [0.2, 0.25) is 5.91 Å². The predicted octanol–water partition coefficient (Wildman–Crippen LogP) is 3.87. The molecule has 7 heteroatoms. The van der Waals surface area contributed by atoms with Crippen LogP contribution in [0, 0.1) is 6.92 Å². The maximum atomic E-state index is 12.6. The number of carbonyl (C=O) groups excluding carboxylic acids is 1. The summed E-state index contributed by atoms with van der Waals surface area (Å²) >= 11 is 1.41. The third kappa shape index (κ3) is 4.14. The van der Waals surface area contributed by atoms with Gasteiger partial charge in [-0.25, -0.2) is 14.6 Å². The van der Waals surface area contributed by atoms with Gasteiger partial charge >= 0.3 is 0 Å². The average molecular weight is 404 g/mol. The minimum absolute atomic E-state index is 0.0560. The van der Waals surface area contributed by atoms with Crippen LogP contribution in [-0.4, -0.2) is 43.4 Å². The van der Waals surface area contributed by atoms with E-state index in [4.69, 9.17) is 0 Å². The maximum absolute atomic E-state index is 12.6. The predicted molar refractivity (Wildman–Crippen MR) is 115 cm³/mol. The van der Waals surface area contributed by atoms with Crippen LogP contribution in [0.5, 0.6) is 0 Å². The molecular formula is C22H21N5OS. The van der Waals surface area contributed by atoms with Crippen molar-refractivity contribution in [3.63, 3.8) is 0 Å². The highest BCUT2D eigenvalue weighted by atomic mass is 32.2. The van der Waals surface area contributed by atoms with Gasteiger partial charge in [-0.3, -0.25) is 4.79 Å². The summed E-state index contributed by atoms with van der Waals surface area (Å²) in [5.41, 5.74) is 4.01. The van der Waals surface area contributed by atoms with Gasteiger partial charge in [0.1, 0.15) is 11.4 Å². The molecule has 2 heterocycles. The Balaban J connectivity index is 1.48. The van der Waals surface area contributed by atoms with Crippen molar-refractivity contribution in [2.75, 3.05) is 12.8 Å². The summed E-state index contributed by atoms with van der Waals surface area (Å²) in [7, 11) is 1.83. The van der Waals surface area contributed by atoms with Gasteiger partial charge in [-0.05, 0) is 30.2 Å². The molecule has 29 heavy (non-hydrogen) atoms. The van der Waals surface area contributed by atoms with E-state index >= 15 is 0 Å². The molecule has 0 N–H and O–H groups in total. The van der Waals surface area contributed by atoms with Crippen LogP contribution in [0.25, 0.3) is 16.7 Å². The minimum atomic E-state index is 0.0560. The number of benzene rings is 2. The van der Waals surface area contributed by atoms with E-state index in [9.17, 15) is 4.79 Å². The first-order chi connectivity index (χ1) is 14.1. The second-order valence-electron chi connectivity index (χ2n) is 6.77. The van der Waals surface area contributed by atoms with Gasteiger partial charge in [-0.2, -0.15) is 5.10 Å². The Bertz CT molecular complexity index is 1140. The standard InChI is InChI=1S/C22H21N5OS/c1-16-8-6-7-9-17(16)13-26(2)20(28)14-29-22-19-12-25-27(21(19)23-15-24-22)18-10-4-3-5-11-18/h3-12,15H,13-14H2,1-2H3. The van der Waals surface area contributed by atoms with Crippen LogP contribution in [0.4, 0.5) is 0 Å². The zero-order valence-electron chi connectivity index (χ0n) is 16.3. The molecule has 6 nitrogen and oxygen atoms in total. The number of rotatable bonds is 6. The van der Waals surface area contributed by atoms with E-state index in [1.165, 1.54) is 23.7 Å². The Hall–Kier alpha value is -3.19. The van der Waals surface area contributed by atoms with E-state index in [-0.39, 0.29) is 5.91 Å². The number of amides is 1. The Labute approximate surface area is 173 Å². The number of para-hydroxylation sites is 1. The highest BCUT2D eigenvalue weighted by molar-refractivity contribution is 8.00. The molecule has 2 aromatic carbocycles. The Morgan fingerprint density at radius 3 is 2.62 bits per heavy atom. The van der Waals surface area contributed by atoms with Gasteiger partial charge in [0.15, 0.2) is 5.65 Å². The van der Waals surface area contributed by atoms with Crippen LogP contribution in [0.3, 0.4) is 0 Å². The van der Waals surface area contributed by atoms with Crippen molar-refractivity contribution in [3.8, 4) is 5.69 Å². The molecule has 0 bridgehead atoms. The van der Waals surface area contributed by atoms with Crippen LogP contribution in [0.2, 0.25) is 0 Å². The second kappa shape index (κ2) is 8.45. The van der Waals surface area contributed by atoms with E-state index in [0.29, 0.717) is 12.3 Å². The fourth-order valence-corrected chi connectivity index (χ4v) is 3.97. The topological polar surface area (TPSA) is 63.9 Å². The molecule has 0 radical (unpaired) electrons. The molecule has 4 aromatic rings. The van der Waals surface area contributed by atoms with Crippen molar-refractivity contribution < 1.29 is 4.79 Å². The van der Waals surface area contributed by atoms with Crippen molar-refractivity contribution >= 4 is 28.7 Å². The highest BCUT2D eigenvalue weighted by Crippen LogP contribution is 2.26. The normalized spacial score (nSPS) is 11.0. The number of aryl methyl sites for hydroxylation is 1. The highest BCUT2D eigenvalue weighted by Gasteiger charge is 2.15. The molecule has 146 valence electrons. The number of thioether (sulfide) groups is 1. The van der Waals surface area contributed by atoms with Gasteiger partial charge in [0, 0.05) is 13.6 Å². The Morgan fingerprint density at radius 2 is 1.83 bits per heavy atom. The molecule has 0 unspecified atom stereocenters. The summed E-state index contributed by atoms with van der Waals surface area (Å²) in [6, 6.07) is 18.0. The largest absolute Gasteiger partial charge is 0.341 e. The zero-order chi connectivity index (χ0) is 20.2. The third-order valence-electron chi connectivity index (χ3n) is 4.76. The first-order valence-electron chi connectivity index (χ1n) is 9.29. The van der Waals surface area contributed by atoms with Gasteiger partial charge < -0.3 is 4.90 Å². The fraction of sp³-hybridized carbons (Fsp3) is 0.182. The maximum Gasteiger partial charge on any atom is 0.233 e. The summed E-state index contributed by atoms with van der Waals surface area (Å²) in [5.74, 6) is 0.367. The Kier molecular flexibility index (Phi) is 5.57. The number of hydrogen-bond acceptors (Lipinski definition) is 5. The molecule has 0 saturated heterocycles. The van der Waals surface area contributed by atoms with Crippen LogP contribution >= 0.6 is 11.8 Å². The number of aromatic nitrogens is 4. The summed E-state index contributed by atoms with van der Waals surface area (Å²) in [4.78, 5) is 23.1. The van der Waals surface area contributed by atoms with Crippen molar-refractivity contribution in [3.05, 3.63) is 78.2 Å². The lowest BCUT2D eigenvalue weighted by Crippen LogP contribution is -2.28. The SMILES string of the molecule is Cc1ccccc1CN(C)C(=O)CSc1ncnc2c1cnn2-c1ccccc1. The van der Waals surface area contributed by atoms with Crippen LogP contribution < -0.4 is 0 Å². The van der Waals surface area contributed by atoms with Crippen molar-refractivity contribution in [2.24, 2.45) is 0 Å². The van der Waals surface area contributed by atoms with E-state index in [2.05, 4.69) is 34.1 Å². The molecule has 0 saturated carbocycles. The molecule has 1 amide bonds. The zero-order valence-corrected chi connectivity index (χ0v) is 17.1. The fourth-order valence-electron chi connectivity index (χ4n) is 3.07. The number of nitrogens with zero attached hydrogens (tertiary/aromatic N) is 5. The van der Waals surface area contributed by atoms with Gasteiger partial charge in [-0.1, -0.05) is 54.2 Å². The molecule has 0 aliphatic rings. The lowest BCUT2D eigenvalue weighted by molar-refractivity contribution is -0.127. The third-order valence-corrected chi connectivity index (χ3v) is 5.75. The van der Waals surface area contributed by atoms with Crippen LogP contribution in [0.1, 0.15) is 11.1 Å². The van der Waals surface area contributed by atoms with E-state index in [0.717, 1.165) is 27.3 Å². The van der Waals surface area contributed by atoms with Gasteiger partial charge in [0.25, 0.3) is 0 Å².